The molecule has 102 valence electrons. The fraction of sp³-hybridized carbons (Fsp3) is 1.00. The van der Waals surface area contributed by atoms with Gasteiger partial charge in [-0.15, -0.1) is 0 Å². The van der Waals surface area contributed by atoms with Crippen molar-refractivity contribution in [3.63, 3.8) is 0 Å². The molecule has 0 saturated heterocycles. The van der Waals surface area contributed by atoms with Gasteiger partial charge in [-0.05, 0) is 54.3 Å². The van der Waals surface area contributed by atoms with Gasteiger partial charge in [-0.2, -0.15) is 0 Å². The topological polar surface area (TPSA) is 0 Å². The molecule has 0 aromatic heterocycles. The van der Waals surface area contributed by atoms with E-state index in [1.54, 1.807) is 0 Å². The van der Waals surface area contributed by atoms with E-state index in [1.807, 2.05) is 0 Å². The molecule has 0 heteroatoms. The Morgan fingerprint density at radius 2 is 1.71 bits per heavy atom. The third kappa shape index (κ3) is 3.48. The minimum atomic E-state index is 0.665. The van der Waals surface area contributed by atoms with Crippen molar-refractivity contribution in [2.24, 2.45) is 35.0 Å². The molecule has 1 rings (SSSR count). The molecular formula is C17H34. The molecule has 4 unspecified atom stereocenters. The van der Waals surface area contributed by atoms with E-state index in [-0.39, 0.29) is 0 Å². The van der Waals surface area contributed by atoms with Crippen molar-refractivity contribution < 1.29 is 0 Å². The predicted octanol–water partition coefficient (Wildman–Crippen LogP) is 5.77. The molecule has 1 aliphatic rings. The first-order chi connectivity index (χ1) is 7.82. The quantitative estimate of drug-likeness (QED) is 0.528. The molecule has 0 heterocycles. The van der Waals surface area contributed by atoms with Crippen LogP contribution in [0.3, 0.4) is 0 Å². The van der Waals surface area contributed by atoms with Crippen molar-refractivity contribution in [2.75, 3.05) is 0 Å². The van der Waals surface area contributed by atoms with Crippen LogP contribution < -0.4 is 0 Å². The summed E-state index contributed by atoms with van der Waals surface area (Å²) in [7, 11) is 0. The largest absolute Gasteiger partial charge is 0.0651 e. The van der Waals surface area contributed by atoms with Gasteiger partial charge in [-0.1, -0.05) is 54.9 Å². The molecule has 1 saturated carbocycles. The van der Waals surface area contributed by atoms with Gasteiger partial charge in [0, 0.05) is 0 Å². The molecule has 1 fully saturated rings. The number of hydrogen-bond donors (Lipinski definition) is 0. The van der Waals surface area contributed by atoms with E-state index in [0.717, 1.165) is 29.6 Å². The third-order valence-electron chi connectivity index (χ3n) is 5.42. The van der Waals surface area contributed by atoms with Gasteiger partial charge < -0.3 is 0 Å². The van der Waals surface area contributed by atoms with Gasteiger partial charge in [0.2, 0.25) is 0 Å². The van der Waals surface area contributed by atoms with E-state index in [0.29, 0.717) is 5.41 Å². The van der Waals surface area contributed by atoms with Crippen molar-refractivity contribution in [3.8, 4) is 0 Å². The fourth-order valence-corrected chi connectivity index (χ4v) is 4.24. The summed E-state index contributed by atoms with van der Waals surface area (Å²) in [5, 5.41) is 0. The molecule has 0 nitrogen and oxygen atoms in total. The van der Waals surface area contributed by atoms with Gasteiger partial charge in [0.25, 0.3) is 0 Å². The van der Waals surface area contributed by atoms with E-state index in [1.165, 1.54) is 25.7 Å². The molecule has 0 radical (unpaired) electrons. The normalized spacial score (nSPS) is 34.4. The van der Waals surface area contributed by atoms with Crippen LogP contribution in [0.5, 0.6) is 0 Å². The summed E-state index contributed by atoms with van der Waals surface area (Å²) >= 11 is 0. The number of hydrogen-bond acceptors (Lipinski definition) is 0. The van der Waals surface area contributed by atoms with E-state index < -0.39 is 0 Å². The van der Waals surface area contributed by atoms with Gasteiger partial charge in [0.1, 0.15) is 0 Å². The first-order valence-corrected chi connectivity index (χ1v) is 7.82. The molecule has 0 spiro atoms. The van der Waals surface area contributed by atoms with Crippen LogP contribution in [0.15, 0.2) is 0 Å². The summed E-state index contributed by atoms with van der Waals surface area (Å²) in [6.45, 7) is 16.9. The van der Waals surface area contributed by atoms with E-state index >= 15 is 0 Å². The highest BCUT2D eigenvalue weighted by atomic mass is 14.6. The fourth-order valence-electron chi connectivity index (χ4n) is 4.24. The summed E-state index contributed by atoms with van der Waals surface area (Å²) < 4.78 is 0. The standard InChI is InChI=1S/C17H34/c1-8-15(11-12(2)3)9-10-17(7)14(6)16(17)13(4)5/h12-16H,8-11H2,1-7H3. The highest BCUT2D eigenvalue weighted by Crippen LogP contribution is 2.64. The Kier molecular flexibility index (Phi) is 5.10. The zero-order valence-corrected chi connectivity index (χ0v) is 13.2. The molecule has 0 aromatic carbocycles. The Morgan fingerprint density at radius 3 is 2.06 bits per heavy atom. The Morgan fingerprint density at radius 1 is 1.12 bits per heavy atom. The van der Waals surface area contributed by atoms with E-state index in [2.05, 4.69) is 48.5 Å². The minimum Gasteiger partial charge on any atom is -0.0651 e. The monoisotopic (exact) mass is 238 g/mol. The lowest BCUT2D eigenvalue weighted by molar-refractivity contribution is 0.307. The summed E-state index contributed by atoms with van der Waals surface area (Å²) in [5.41, 5.74) is 0.665. The average molecular weight is 238 g/mol. The maximum Gasteiger partial charge on any atom is -0.0264 e. The van der Waals surface area contributed by atoms with Crippen LogP contribution in [-0.4, -0.2) is 0 Å². The molecule has 0 aromatic rings. The zero-order valence-electron chi connectivity index (χ0n) is 13.2. The molecule has 0 aliphatic heterocycles. The SMILES string of the molecule is CCC(CCC1(C)C(C)C1C(C)C)CC(C)C. The van der Waals surface area contributed by atoms with Crippen LogP contribution in [0.4, 0.5) is 0 Å². The van der Waals surface area contributed by atoms with Gasteiger partial charge in [0.15, 0.2) is 0 Å². The van der Waals surface area contributed by atoms with Crippen molar-refractivity contribution >= 4 is 0 Å². The first-order valence-electron chi connectivity index (χ1n) is 7.82. The van der Waals surface area contributed by atoms with E-state index in [9.17, 15) is 0 Å². The lowest BCUT2D eigenvalue weighted by Crippen LogP contribution is -2.09. The summed E-state index contributed by atoms with van der Waals surface area (Å²) in [5.74, 6) is 4.65. The van der Waals surface area contributed by atoms with Gasteiger partial charge in [-0.3, -0.25) is 0 Å². The van der Waals surface area contributed by atoms with Crippen LogP contribution in [0, 0.1) is 35.0 Å². The lowest BCUT2D eigenvalue weighted by Gasteiger charge is -2.20. The van der Waals surface area contributed by atoms with Crippen molar-refractivity contribution in [1.29, 1.82) is 0 Å². The second-order valence-electron chi connectivity index (χ2n) is 7.51. The Hall–Kier alpha value is 0. The van der Waals surface area contributed by atoms with Crippen LogP contribution >= 0.6 is 0 Å². The Bertz CT molecular complexity index is 228. The lowest BCUT2D eigenvalue weighted by atomic mass is 9.85. The summed E-state index contributed by atoms with van der Waals surface area (Å²) in [6, 6.07) is 0. The minimum absolute atomic E-state index is 0.665. The second kappa shape index (κ2) is 5.76. The average Bonchev–Trinajstić information content (AvgIpc) is 2.76. The molecule has 17 heavy (non-hydrogen) atoms. The van der Waals surface area contributed by atoms with Crippen molar-refractivity contribution in [2.45, 2.75) is 74.1 Å². The Labute approximate surface area is 110 Å². The highest BCUT2D eigenvalue weighted by Gasteiger charge is 2.58. The summed E-state index contributed by atoms with van der Waals surface area (Å²) in [4.78, 5) is 0. The van der Waals surface area contributed by atoms with Gasteiger partial charge >= 0.3 is 0 Å². The first kappa shape index (κ1) is 15.1. The van der Waals surface area contributed by atoms with E-state index in [4.69, 9.17) is 0 Å². The molecule has 0 N–H and O–H groups in total. The van der Waals surface area contributed by atoms with Crippen molar-refractivity contribution in [3.05, 3.63) is 0 Å². The maximum absolute atomic E-state index is 2.53. The highest BCUT2D eigenvalue weighted by molar-refractivity contribution is 5.06. The van der Waals surface area contributed by atoms with Crippen LogP contribution in [0.1, 0.15) is 74.1 Å². The van der Waals surface area contributed by atoms with Crippen molar-refractivity contribution in [1.82, 2.24) is 0 Å². The molecule has 1 aliphatic carbocycles. The smallest absolute Gasteiger partial charge is 0.0264 e. The third-order valence-corrected chi connectivity index (χ3v) is 5.42. The molecule has 0 amide bonds. The van der Waals surface area contributed by atoms with Gasteiger partial charge in [0.05, 0.1) is 0 Å². The molecule has 0 bridgehead atoms. The predicted molar refractivity (Wildman–Crippen MR) is 78.1 cm³/mol. The zero-order chi connectivity index (χ0) is 13.2. The summed E-state index contributed by atoms with van der Waals surface area (Å²) in [6.07, 6.45) is 5.71. The van der Waals surface area contributed by atoms with Crippen LogP contribution in [-0.2, 0) is 0 Å². The molecular weight excluding hydrogens is 204 g/mol. The second-order valence-corrected chi connectivity index (χ2v) is 7.51. The maximum atomic E-state index is 2.53. The van der Waals surface area contributed by atoms with Crippen LogP contribution in [0.2, 0.25) is 0 Å². The Balaban J connectivity index is 2.40. The number of rotatable bonds is 7. The molecule has 4 atom stereocenters. The van der Waals surface area contributed by atoms with Crippen LogP contribution in [0.25, 0.3) is 0 Å². The van der Waals surface area contributed by atoms with Gasteiger partial charge in [-0.25, -0.2) is 0 Å².